The van der Waals surface area contributed by atoms with Crippen molar-refractivity contribution in [3.63, 3.8) is 0 Å². The van der Waals surface area contributed by atoms with Crippen molar-refractivity contribution in [3.8, 4) is 11.1 Å². The highest BCUT2D eigenvalue weighted by atomic mass is 35.5. The van der Waals surface area contributed by atoms with Gasteiger partial charge in [-0.25, -0.2) is 4.98 Å². The maximum absolute atomic E-state index is 12.9. The zero-order valence-electron chi connectivity index (χ0n) is 13.0. The van der Waals surface area contributed by atoms with Crippen LogP contribution in [0.25, 0.3) is 21.3 Å². The molecular weight excluding hydrogens is 332 g/mol. The lowest BCUT2D eigenvalue weighted by atomic mass is 10.0. The Morgan fingerprint density at radius 2 is 1.96 bits per heavy atom. The maximum Gasteiger partial charge on any atom is 0.263 e. The minimum atomic E-state index is -0.530. The van der Waals surface area contributed by atoms with Gasteiger partial charge >= 0.3 is 0 Å². The number of carbonyl (C=O) groups is 1. The van der Waals surface area contributed by atoms with E-state index >= 15 is 0 Å². The number of benzene rings is 1. The van der Waals surface area contributed by atoms with Gasteiger partial charge in [0.25, 0.3) is 5.56 Å². The van der Waals surface area contributed by atoms with Gasteiger partial charge in [0.05, 0.1) is 17.8 Å². The summed E-state index contributed by atoms with van der Waals surface area (Å²) >= 11 is 7.43. The summed E-state index contributed by atoms with van der Waals surface area (Å²) in [7, 11) is 0. The van der Waals surface area contributed by atoms with Gasteiger partial charge in [-0.15, -0.1) is 11.3 Å². The number of aromatic nitrogens is 2. The fraction of sp³-hybridized carbons (Fsp3) is 0.235. The van der Waals surface area contributed by atoms with Crippen molar-refractivity contribution in [2.75, 3.05) is 0 Å². The smallest absolute Gasteiger partial charge is 0.263 e. The number of ketones is 1. The second-order valence-corrected chi connectivity index (χ2v) is 7.10. The molecule has 0 aliphatic heterocycles. The van der Waals surface area contributed by atoms with Crippen LogP contribution in [0.15, 0.2) is 35.4 Å². The molecule has 0 unspecified atom stereocenters. The van der Waals surface area contributed by atoms with Crippen molar-refractivity contribution in [2.45, 2.75) is 26.8 Å². The van der Waals surface area contributed by atoms with Crippen LogP contribution >= 0.6 is 22.9 Å². The number of rotatable bonds is 3. The van der Waals surface area contributed by atoms with Gasteiger partial charge in [-0.3, -0.25) is 14.2 Å². The monoisotopic (exact) mass is 346 g/mol. The van der Waals surface area contributed by atoms with E-state index in [0.717, 1.165) is 16.0 Å². The number of aryl methyl sites for hydroxylation is 1. The van der Waals surface area contributed by atoms with Crippen LogP contribution in [0, 0.1) is 6.92 Å². The Kier molecular flexibility index (Phi) is 4.08. The first kappa shape index (κ1) is 15.9. The van der Waals surface area contributed by atoms with Crippen molar-refractivity contribution < 1.29 is 4.79 Å². The normalized spacial score (nSPS) is 12.5. The molecule has 0 bridgehead atoms. The summed E-state index contributed by atoms with van der Waals surface area (Å²) in [5, 5.41) is 1.21. The Labute approximate surface area is 142 Å². The van der Waals surface area contributed by atoms with Crippen molar-refractivity contribution in [2.24, 2.45) is 0 Å². The van der Waals surface area contributed by atoms with E-state index in [9.17, 15) is 9.59 Å². The Morgan fingerprint density at radius 1 is 1.30 bits per heavy atom. The van der Waals surface area contributed by atoms with E-state index in [-0.39, 0.29) is 11.3 Å². The molecule has 4 nitrogen and oxygen atoms in total. The van der Waals surface area contributed by atoms with Crippen molar-refractivity contribution in [1.29, 1.82) is 0 Å². The third-order valence-electron chi connectivity index (χ3n) is 3.95. The van der Waals surface area contributed by atoms with E-state index in [0.29, 0.717) is 15.2 Å². The summed E-state index contributed by atoms with van der Waals surface area (Å²) < 4.78 is 1.40. The van der Waals surface area contributed by atoms with Gasteiger partial charge in [0.2, 0.25) is 0 Å². The van der Waals surface area contributed by atoms with Gasteiger partial charge in [-0.1, -0.05) is 23.7 Å². The maximum atomic E-state index is 12.9. The molecule has 23 heavy (non-hydrogen) atoms. The fourth-order valence-electron chi connectivity index (χ4n) is 2.55. The Balaban J connectivity index is 2.32. The molecule has 6 heteroatoms. The molecule has 0 spiro atoms. The lowest BCUT2D eigenvalue weighted by molar-refractivity contribution is -0.119. The molecule has 0 amide bonds. The highest BCUT2D eigenvalue weighted by molar-refractivity contribution is 7.19. The van der Waals surface area contributed by atoms with E-state index < -0.39 is 6.04 Å². The van der Waals surface area contributed by atoms with Crippen LogP contribution in [0.3, 0.4) is 0 Å². The number of hydrogen-bond donors (Lipinski definition) is 0. The fourth-order valence-corrected chi connectivity index (χ4v) is 3.68. The summed E-state index contributed by atoms with van der Waals surface area (Å²) in [4.78, 5) is 30.6. The number of hydrogen-bond acceptors (Lipinski definition) is 4. The first-order valence-electron chi connectivity index (χ1n) is 7.16. The number of halogens is 1. The predicted molar refractivity (Wildman–Crippen MR) is 94.5 cm³/mol. The average Bonchev–Trinajstić information content (AvgIpc) is 2.85. The molecule has 0 saturated heterocycles. The molecule has 3 rings (SSSR count). The molecule has 0 aliphatic rings. The van der Waals surface area contributed by atoms with Gasteiger partial charge in [0, 0.05) is 15.5 Å². The number of fused-ring (bicyclic) bond motifs is 1. The second-order valence-electron chi connectivity index (χ2n) is 5.46. The highest BCUT2D eigenvalue weighted by Gasteiger charge is 2.20. The van der Waals surface area contributed by atoms with E-state index in [2.05, 4.69) is 4.98 Å². The zero-order valence-corrected chi connectivity index (χ0v) is 14.5. The van der Waals surface area contributed by atoms with Crippen molar-refractivity contribution in [3.05, 3.63) is 50.8 Å². The number of Topliss-reactive ketones (excluding diaryl/α,β-unsaturated/α-hetero) is 1. The molecule has 1 aromatic carbocycles. The van der Waals surface area contributed by atoms with Gasteiger partial charge in [0.15, 0.2) is 5.78 Å². The summed E-state index contributed by atoms with van der Waals surface area (Å²) in [5.41, 5.74) is 1.60. The van der Waals surface area contributed by atoms with Gasteiger partial charge < -0.3 is 0 Å². The highest BCUT2D eigenvalue weighted by Crippen LogP contribution is 2.35. The molecule has 0 aliphatic carbocycles. The molecule has 0 saturated carbocycles. The lowest BCUT2D eigenvalue weighted by Crippen LogP contribution is -2.27. The average molecular weight is 347 g/mol. The molecule has 2 heterocycles. The summed E-state index contributed by atoms with van der Waals surface area (Å²) in [5.74, 6) is -0.0757. The minimum Gasteiger partial charge on any atom is -0.298 e. The van der Waals surface area contributed by atoms with E-state index in [1.807, 2.05) is 19.1 Å². The van der Waals surface area contributed by atoms with Gasteiger partial charge in [0.1, 0.15) is 4.83 Å². The number of thiophene rings is 1. The largest absolute Gasteiger partial charge is 0.298 e. The number of carbonyl (C=O) groups excluding carboxylic acids is 1. The summed E-state index contributed by atoms with van der Waals surface area (Å²) in [6.45, 7) is 5.15. The molecule has 3 aromatic rings. The van der Waals surface area contributed by atoms with Gasteiger partial charge in [-0.05, 0) is 38.5 Å². The van der Waals surface area contributed by atoms with Crippen molar-refractivity contribution in [1.82, 2.24) is 9.55 Å². The topological polar surface area (TPSA) is 52.0 Å². The van der Waals surface area contributed by atoms with Crippen LogP contribution in [0.4, 0.5) is 0 Å². The van der Waals surface area contributed by atoms with E-state index in [1.54, 1.807) is 19.1 Å². The second kappa shape index (κ2) is 5.91. The SMILES string of the molecule is CC(=O)[C@@H](C)n1cnc2sc(C)c(-c3ccc(Cl)cc3)c2c1=O. The minimum absolute atomic E-state index is 0.0757. The van der Waals surface area contributed by atoms with Crippen LogP contribution < -0.4 is 5.56 Å². The van der Waals surface area contributed by atoms with Crippen LogP contribution in [0.5, 0.6) is 0 Å². The first-order valence-corrected chi connectivity index (χ1v) is 8.36. The Hall–Kier alpha value is -1.98. The summed E-state index contributed by atoms with van der Waals surface area (Å²) in [6, 6.07) is 6.85. The van der Waals surface area contributed by atoms with Crippen LogP contribution in [-0.2, 0) is 4.79 Å². The first-order chi connectivity index (χ1) is 10.9. The molecular formula is C17H15ClN2O2S. The van der Waals surface area contributed by atoms with Crippen molar-refractivity contribution >= 4 is 38.9 Å². The number of nitrogens with zero attached hydrogens (tertiary/aromatic N) is 2. The Bertz CT molecular complexity index is 957. The standard InChI is InChI=1S/C17H15ClN2O2S/c1-9(10(2)21)20-8-19-16-15(17(20)22)14(11(3)23-16)12-4-6-13(18)7-5-12/h4-9H,1-3H3/t9-/m1/s1. The lowest BCUT2D eigenvalue weighted by Gasteiger charge is -2.11. The Morgan fingerprint density at radius 3 is 2.57 bits per heavy atom. The molecule has 0 radical (unpaired) electrons. The predicted octanol–water partition coefficient (Wildman–Crippen LogP) is 4.24. The summed E-state index contributed by atoms with van der Waals surface area (Å²) in [6.07, 6.45) is 1.46. The van der Waals surface area contributed by atoms with Crippen LogP contribution in [-0.4, -0.2) is 15.3 Å². The van der Waals surface area contributed by atoms with Gasteiger partial charge in [-0.2, -0.15) is 0 Å². The molecule has 2 aromatic heterocycles. The van der Waals surface area contributed by atoms with Crippen LogP contribution in [0.2, 0.25) is 5.02 Å². The molecule has 118 valence electrons. The van der Waals surface area contributed by atoms with Crippen LogP contribution in [0.1, 0.15) is 24.8 Å². The van der Waals surface area contributed by atoms with E-state index in [4.69, 9.17) is 11.6 Å². The molecule has 0 fully saturated rings. The molecule has 1 atom stereocenters. The molecule has 0 N–H and O–H groups in total. The van der Waals surface area contributed by atoms with E-state index in [1.165, 1.54) is 29.2 Å². The third-order valence-corrected chi connectivity index (χ3v) is 5.22. The zero-order chi connectivity index (χ0) is 16.7. The quantitative estimate of drug-likeness (QED) is 0.712. The third kappa shape index (κ3) is 2.71.